The number of carbonyl (C=O) groups excluding carboxylic acids is 2. The van der Waals surface area contributed by atoms with E-state index in [0.29, 0.717) is 36.6 Å². The van der Waals surface area contributed by atoms with Crippen molar-refractivity contribution in [3.05, 3.63) is 47.2 Å². The average Bonchev–Trinajstić information content (AvgIpc) is 3.41. The summed E-state index contributed by atoms with van der Waals surface area (Å²) in [5.74, 6) is -0.356. The zero-order valence-electron chi connectivity index (χ0n) is 25.0. The standard InChI is InChI=1S/C32H38N2O9/c1-38-18-6-7-19-20-8-9-34-15-17-12-24(43-31(36)16-10-25(39-2)30(41-4)26(11-16)40-3)29(35)27(32(37)42-5)21(17)14-23(34)28(20)33-22(19)13-18/h6-7,10-11,13,17,21,23-24,27,29,33,35H,8-9,12,14-15H2,1-5H3/t17-,21+,23-,24-,27+,29+/m1/s1. The summed E-state index contributed by atoms with van der Waals surface area (Å²) in [5.41, 5.74) is 3.66. The van der Waals surface area contributed by atoms with Crippen LogP contribution < -0.4 is 18.9 Å². The van der Waals surface area contributed by atoms with Crippen molar-refractivity contribution in [3.8, 4) is 23.0 Å². The SMILES string of the molecule is COC(=O)[C@@H]1[C@@H](O)[C@H](OC(=O)c2cc(OC)c(OC)c(OC)c2)C[C@@H]2CN3CCc4c([nH]c5cc(OC)ccc45)[C@H]3C[C@@H]21. The molecule has 2 N–H and O–H groups in total. The number of piperidine rings is 1. The van der Waals surface area contributed by atoms with Crippen LogP contribution in [0.2, 0.25) is 0 Å². The van der Waals surface area contributed by atoms with Gasteiger partial charge in [-0.2, -0.15) is 0 Å². The zero-order valence-corrected chi connectivity index (χ0v) is 25.0. The molecular weight excluding hydrogens is 556 g/mol. The lowest BCUT2D eigenvalue weighted by Gasteiger charge is -2.52. The van der Waals surface area contributed by atoms with Crippen LogP contribution in [0, 0.1) is 17.8 Å². The van der Waals surface area contributed by atoms with Crippen molar-refractivity contribution in [1.82, 2.24) is 9.88 Å². The Kier molecular flexibility index (Phi) is 7.87. The Morgan fingerprint density at radius 2 is 1.70 bits per heavy atom. The molecule has 0 unspecified atom stereocenters. The molecule has 0 radical (unpaired) electrons. The summed E-state index contributed by atoms with van der Waals surface area (Å²) in [6.45, 7) is 1.59. The number of carbonyl (C=O) groups is 2. The van der Waals surface area contributed by atoms with Crippen molar-refractivity contribution in [2.24, 2.45) is 17.8 Å². The average molecular weight is 595 g/mol. The van der Waals surface area contributed by atoms with Crippen molar-refractivity contribution in [2.45, 2.75) is 37.5 Å². The van der Waals surface area contributed by atoms with Gasteiger partial charge in [0.2, 0.25) is 5.75 Å². The van der Waals surface area contributed by atoms with Crippen LogP contribution in [0.3, 0.4) is 0 Å². The molecule has 43 heavy (non-hydrogen) atoms. The van der Waals surface area contributed by atoms with E-state index in [1.165, 1.54) is 51.5 Å². The van der Waals surface area contributed by atoms with Gasteiger partial charge in [-0.1, -0.05) is 0 Å². The van der Waals surface area contributed by atoms with Crippen molar-refractivity contribution >= 4 is 22.8 Å². The summed E-state index contributed by atoms with van der Waals surface area (Å²) in [4.78, 5) is 32.6. The molecule has 3 heterocycles. The number of esters is 2. The molecule has 0 bridgehead atoms. The first-order chi connectivity index (χ1) is 20.8. The van der Waals surface area contributed by atoms with Crippen LogP contribution in [0.5, 0.6) is 23.0 Å². The lowest BCUT2D eigenvalue weighted by molar-refractivity contribution is -0.172. The van der Waals surface area contributed by atoms with Crippen molar-refractivity contribution < 1.29 is 43.1 Å². The Morgan fingerprint density at radius 3 is 2.35 bits per heavy atom. The van der Waals surface area contributed by atoms with E-state index in [1.807, 2.05) is 12.1 Å². The second kappa shape index (κ2) is 11.6. The van der Waals surface area contributed by atoms with Gasteiger partial charge < -0.3 is 38.5 Å². The van der Waals surface area contributed by atoms with Crippen LogP contribution in [-0.4, -0.2) is 87.8 Å². The second-order valence-corrected chi connectivity index (χ2v) is 11.5. The van der Waals surface area contributed by atoms with Crippen molar-refractivity contribution in [2.75, 3.05) is 48.6 Å². The Bertz CT molecular complexity index is 1510. The summed E-state index contributed by atoms with van der Waals surface area (Å²) in [6, 6.07) is 9.17. The quantitative estimate of drug-likeness (QED) is 0.392. The number of aromatic amines is 1. The van der Waals surface area contributed by atoms with Crippen LogP contribution in [0.15, 0.2) is 30.3 Å². The number of rotatable bonds is 7. The second-order valence-electron chi connectivity index (χ2n) is 11.5. The maximum absolute atomic E-state index is 13.4. The highest BCUT2D eigenvalue weighted by molar-refractivity contribution is 5.91. The van der Waals surface area contributed by atoms with Crippen molar-refractivity contribution in [1.29, 1.82) is 0 Å². The van der Waals surface area contributed by atoms with Gasteiger partial charge in [0.1, 0.15) is 18.0 Å². The molecule has 2 aromatic carbocycles. The summed E-state index contributed by atoms with van der Waals surface area (Å²) in [5, 5.41) is 12.7. The number of aliphatic hydroxyl groups is 1. The summed E-state index contributed by atoms with van der Waals surface area (Å²) in [6.07, 6.45) is -0.116. The maximum Gasteiger partial charge on any atom is 0.338 e. The molecule has 6 atom stereocenters. The number of fused-ring (bicyclic) bond motifs is 6. The summed E-state index contributed by atoms with van der Waals surface area (Å²) in [7, 11) is 7.39. The van der Waals surface area contributed by atoms with E-state index >= 15 is 0 Å². The number of nitrogens with zero attached hydrogens (tertiary/aromatic N) is 1. The number of methoxy groups -OCH3 is 5. The van der Waals surface area contributed by atoms with Crippen molar-refractivity contribution in [3.63, 3.8) is 0 Å². The minimum atomic E-state index is -1.22. The monoisotopic (exact) mass is 594 g/mol. The molecule has 1 aliphatic carbocycles. The molecule has 3 aliphatic rings. The molecule has 1 aromatic heterocycles. The number of hydrogen-bond acceptors (Lipinski definition) is 10. The fraction of sp³-hybridized carbons (Fsp3) is 0.500. The molecule has 3 aromatic rings. The normalized spacial score (nSPS) is 26.5. The number of H-pyrrole nitrogens is 1. The van der Waals surface area contributed by atoms with E-state index < -0.39 is 30.1 Å². The third kappa shape index (κ3) is 4.94. The first-order valence-electron chi connectivity index (χ1n) is 14.5. The van der Waals surface area contributed by atoms with E-state index in [2.05, 4.69) is 16.0 Å². The van der Waals surface area contributed by atoms with Gasteiger partial charge in [-0.15, -0.1) is 0 Å². The molecule has 6 rings (SSSR count). The fourth-order valence-electron chi connectivity index (χ4n) is 7.49. The topological polar surface area (TPSA) is 129 Å². The largest absolute Gasteiger partial charge is 0.497 e. The van der Waals surface area contributed by atoms with E-state index in [-0.39, 0.29) is 23.4 Å². The Hall–Kier alpha value is -3.96. The molecular formula is C32H38N2O9. The van der Waals surface area contributed by atoms with Crippen LogP contribution in [0.1, 0.15) is 40.5 Å². The smallest absolute Gasteiger partial charge is 0.338 e. The molecule has 11 nitrogen and oxygen atoms in total. The molecule has 1 saturated heterocycles. The third-order valence-corrected chi connectivity index (χ3v) is 9.52. The molecule has 1 saturated carbocycles. The highest BCUT2D eigenvalue weighted by Gasteiger charge is 2.54. The minimum Gasteiger partial charge on any atom is -0.497 e. The number of aliphatic hydroxyl groups excluding tert-OH is 1. The van der Waals surface area contributed by atoms with Crippen LogP contribution in [0.4, 0.5) is 0 Å². The molecule has 2 aliphatic heterocycles. The van der Waals surface area contributed by atoms with Crippen LogP contribution >= 0.6 is 0 Å². The Morgan fingerprint density at radius 1 is 0.953 bits per heavy atom. The zero-order chi connectivity index (χ0) is 30.4. The van der Waals surface area contributed by atoms with Crippen LogP contribution in [0.25, 0.3) is 10.9 Å². The van der Waals surface area contributed by atoms with Gasteiger partial charge in [0.25, 0.3) is 0 Å². The highest BCUT2D eigenvalue weighted by Crippen LogP contribution is 2.50. The molecule has 230 valence electrons. The van der Waals surface area contributed by atoms with Gasteiger partial charge >= 0.3 is 11.9 Å². The van der Waals surface area contributed by atoms with Gasteiger partial charge in [-0.3, -0.25) is 9.69 Å². The number of aromatic nitrogens is 1. The van der Waals surface area contributed by atoms with Gasteiger partial charge in [0.05, 0.1) is 53.1 Å². The number of hydrogen-bond donors (Lipinski definition) is 2. The molecule has 2 fully saturated rings. The van der Waals surface area contributed by atoms with Gasteiger partial charge in [-0.05, 0) is 60.9 Å². The fourth-order valence-corrected chi connectivity index (χ4v) is 7.49. The lowest BCUT2D eigenvalue weighted by atomic mass is 9.64. The number of nitrogens with one attached hydrogen (secondary N) is 1. The van der Waals surface area contributed by atoms with E-state index in [4.69, 9.17) is 28.4 Å². The minimum absolute atomic E-state index is 0.0208. The highest BCUT2D eigenvalue weighted by atomic mass is 16.6. The Balaban J connectivity index is 1.27. The molecule has 11 heteroatoms. The lowest BCUT2D eigenvalue weighted by Crippen LogP contribution is -2.58. The first-order valence-corrected chi connectivity index (χ1v) is 14.5. The van der Waals surface area contributed by atoms with E-state index in [1.54, 1.807) is 7.11 Å². The summed E-state index contributed by atoms with van der Waals surface area (Å²) >= 11 is 0. The predicted molar refractivity (Wildman–Crippen MR) is 156 cm³/mol. The predicted octanol–water partition coefficient (Wildman–Crippen LogP) is 3.52. The van der Waals surface area contributed by atoms with Gasteiger partial charge in [-0.25, -0.2) is 4.79 Å². The summed E-state index contributed by atoms with van der Waals surface area (Å²) < 4.78 is 32.7. The Labute approximate surface area is 249 Å². The third-order valence-electron chi connectivity index (χ3n) is 9.52. The number of ether oxygens (including phenoxy) is 6. The van der Waals surface area contributed by atoms with Gasteiger partial charge in [0.15, 0.2) is 11.5 Å². The maximum atomic E-state index is 13.4. The first kappa shape index (κ1) is 29.1. The molecule has 0 amide bonds. The van der Waals surface area contributed by atoms with E-state index in [0.717, 1.165) is 29.9 Å². The number of benzene rings is 2. The van der Waals surface area contributed by atoms with E-state index in [9.17, 15) is 14.7 Å². The van der Waals surface area contributed by atoms with Crippen LogP contribution in [-0.2, 0) is 20.7 Å². The van der Waals surface area contributed by atoms with Gasteiger partial charge in [0, 0.05) is 35.8 Å². The molecule has 0 spiro atoms.